The third-order valence-electron chi connectivity index (χ3n) is 4.54. The first-order valence-corrected chi connectivity index (χ1v) is 8.67. The summed E-state index contributed by atoms with van der Waals surface area (Å²) >= 11 is 0. The molecule has 0 saturated heterocycles. The number of ether oxygens (including phenoxy) is 1. The van der Waals surface area contributed by atoms with E-state index in [2.05, 4.69) is 19.5 Å². The van der Waals surface area contributed by atoms with Crippen LogP contribution in [0.25, 0.3) is 0 Å². The van der Waals surface area contributed by atoms with E-state index in [-0.39, 0.29) is 0 Å². The maximum absolute atomic E-state index is 10.0. The summed E-state index contributed by atoms with van der Waals surface area (Å²) in [5.41, 5.74) is 1.96. The number of hydrogen-bond acceptors (Lipinski definition) is 5. The molecule has 2 aromatic rings. The predicted molar refractivity (Wildman–Crippen MR) is 90.3 cm³/mol. The Bertz CT molecular complexity index is 651. The van der Waals surface area contributed by atoms with Crippen LogP contribution in [-0.4, -0.2) is 49.6 Å². The number of imidazole rings is 1. The van der Waals surface area contributed by atoms with Gasteiger partial charge in [-0.2, -0.15) is 5.10 Å². The highest BCUT2D eigenvalue weighted by Gasteiger charge is 2.20. The summed E-state index contributed by atoms with van der Waals surface area (Å²) in [6.45, 7) is 7.06. The second-order valence-corrected chi connectivity index (χ2v) is 6.30. The van der Waals surface area contributed by atoms with Gasteiger partial charge in [0.25, 0.3) is 0 Å². The highest BCUT2D eigenvalue weighted by atomic mass is 16.5. The van der Waals surface area contributed by atoms with Crippen molar-refractivity contribution in [2.24, 2.45) is 0 Å². The first-order chi connectivity index (χ1) is 11.7. The normalized spacial score (nSPS) is 16.8. The maximum Gasteiger partial charge on any atom is 0.122 e. The molecule has 3 rings (SSSR count). The molecule has 1 N–H and O–H groups in total. The van der Waals surface area contributed by atoms with Crippen molar-refractivity contribution >= 4 is 0 Å². The minimum absolute atomic E-state index is 0.467. The first-order valence-electron chi connectivity index (χ1n) is 8.67. The second-order valence-electron chi connectivity index (χ2n) is 6.30. The molecule has 3 heterocycles. The van der Waals surface area contributed by atoms with Crippen LogP contribution < -0.4 is 0 Å². The third-order valence-corrected chi connectivity index (χ3v) is 4.54. The Morgan fingerprint density at radius 2 is 2.25 bits per heavy atom. The van der Waals surface area contributed by atoms with Crippen molar-refractivity contribution < 1.29 is 9.84 Å². The van der Waals surface area contributed by atoms with E-state index < -0.39 is 6.10 Å². The smallest absolute Gasteiger partial charge is 0.122 e. The number of methoxy groups -OCH3 is 1. The molecular weight excluding hydrogens is 306 g/mol. The molecule has 0 bridgehead atoms. The predicted octanol–water partition coefficient (Wildman–Crippen LogP) is 1.58. The molecule has 0 spiro atoms. The largest absolute Gasteiger partial charge is 0.387 e. The van der Waals surface area contributed by atoms with E-state index in [4.69, 9.17) is 4.74 Å². The molecule has 0 saturated carbocycles. The Balaban J connectivity index is 1.69. The van der Waals surface area contributed by atoms with E-state index in [9.17, 15) is 5.11 Å². The molecule has 0 radical (unpaired) electrons. The average molecular weight is 333 g/mol. The standard InChI is InChI=1S/C17H27N5O2/c1-3-16(23)15-11-14-12-20(6-4-7-22(14)19-15)13-17-18-5-8-21(17)9-10-24-2/h5,8,11,16,23H,3-4,6-7,9-10,12-13H2,1-2H3. The molecule has 0 aromatic carbocycles. The molecule has 7 nitrogen and oxygen atoms in total. The van der Waals surface area contributed by atoms with Gasteiger partial charge < -0.3 is 14.4 Å². The number of fused-ring (bicyclic) bond motifs is 1. The number of nitrogens with zero attached hydrogens (tertiary/aromatic N) is 5. The molecule has 7 heteroatoms. The van der Waals surface area contributed by atoms with E-state index in [1.165, 1.54) is 5.69 Å². The summed E-state index contributed by atoms with van der Waals surface area (Å²) in [5.74, 6) is 1.06. The van der Waals surface area contributed by atoms with Crippen molar-refractivity contribution in [1.82, 2.24) is 24.2 Å². The average Bonchev–Trinajstić information content (AvgIpc) is 3.15. The molecule has 132 valence electrons. The van der Waals surface area contributed by atoms with Gasteiger partial charge in [-0.05, 0) is 18.9 Å². The lowest BCUT2D eigenvalue weighted by molar-refractivity contribution is 0.167. The zero-order valence-corrected chi connectivity index (χ0v) is 14.6. The fourth-order valence-electron chi connectivity index (χ4n) is 3.14. The van der Waals surface area contributed by atoms with Crippen molar-refractivity contribution in [2.75, 3.05) is 20.3 Å². The van der Waals surface area contributed by atoms with Crippen LogP contribution in [0.1, 0.15) is 43.1 Å². The molecule has 24 heavy (non-hydrogen) atoms. The molecule has 0 amide bonds. The number of aliphatic hydroxyl groups is 1. The Morgan fingerprint density at radius 1 is 1.38 bits per heavy atom. The first kappa shape index (κ1) is 17.1. The van der Waals surface area contributed by atoms with Crippen molar-refractivity contribution in [3.05, 3.63) is 35.7 Å². The zero-order valence-electron chi connectivity index (χ0n) is 14.6. The van der Waals surface area contributed by atoms with Gasteiger partial charge in [0.1, 0.15) is 5.82 Å². The quantitative estimate of drug-likeness (QED) is 0.833. The lowest BCUT2D eigenvalue weighted by Crippen LogP contribution is -2.25. The van der Waals surface area contributed by atoms with Gasteiger partial charge in [-0.15, -0.1) is 0 Å². The molecule has 1 aliphatic rings. The molecule has 1 unspecified atom stereocenters. The van der Waals surface area contributed by atoms with Gasteiger partial charge in [-0.3, -0.25) is 9.58 Å². The van der Waals surface area contributed by atoms with Crippen molar-refractivity contribution in [2.45, 2.75) is 52.0 Å². The molecule has 0 fully saturated rings. The lowest BCUT2D eigenvalue weighted by atomic mass is 10.2. The van der Waals surface area contributed by atoms with E-state index in [0.29, 0.717) is 13.0 Å². The van der Waals surface area contributed by atoms with Gasteiger partial charge in [0.2, 0.25) is 0 Å². The summed E-state index contributed by atoms with van der Waals surface area (Å²) in [4.78, 5) is 6.90. The number of aliphatic hydroxyl groups excluding tert-OH is 1. The Hall–Kier alpha value is -1.70. The van der Waals surface area contributed by atoms with Gasteiger partial charge >= 0.3 is 0 Å². The number of rotatable bonds is 7. The molecule has 0 aliphatic carbocycles. The highest BCUT2D eigenvalue weighted by molar-refractivity contribution is 5.13. The van der Waals surface area contributed by atoms with Crippen LogP contribution in [0, 0.1) is 0 Å². The topological polar surface area (TPSA) is 68.3 Å². The fourth-order valence-corrected chi connectivity index (χ4v) is 3.14. The van der Waals surface area contributed by atoms with Crippen LogP contribution in [0.5, 0.6) is 0 Å². The van der Waals surface area contributed by atoms with Gasteiger partial charge in [-0.1, -0.05) is 6.92 Å². The van der Waals surface area contributed by atoms with E-state index in [1.54, 1.807) is 7.11 Å². The van der Waals surface area contributed by atoms with Crippen LogP contribution in [0.15, 0.2) is 18.5 Å². The summed E-state index contributed by atoms with van der Waals surface area (Å²) < 4.78 is 9.36. The molecular formula is C17H27N5O2. The fraction of sp³-hybridized carbons (Fsp3) is 0.647. The Kier molecular flexibility index (Phi) is 5.65. The van der Waals surface area contributed by atoms with Gasteiger partial charge in [-0.25, -0.2) is 4.98 Å². The highest BCUT2D eigenvalue weighted by Crippen LogP contribution is 2.20. The maximum atomic E-state index is 10.0. The van der Waals surface area contributed by atoms with E-state index >= 15 is 0 Å². The number of hydrogen-bond donors (Lipinski definition) is 1. The summed E-state index contributed by atoms with van der Waals surface area (Å²) in [6.07, 6.45) is 5.13. The van der Waals surface area contributed by atoms with Gasteiger partial charge in [0.05, 0.1) is 30.6 Å². The minimum atomic E-state index is -0.467. The third kappa shape index (κ3) is 3.85. The van der Waals surface area contributed by atoms with Crippen LogP contribution in [-0.2, 0) is 30.9 Å². The van der Waals surface area contributed by atoms with Gasteiger partial charge in [0.15, 0.2) is 0 Å². The molecule has 1 aliphatic heterocycles. The van der Waals surface area contributed by atoms with Crippen LogP contribution >= 0.6 is 0 Å². The summed E-state index contributed by atoms with van der Waals surface area (Å²) in [6, 6.07) is 2.05. The van der Waals surface area contributed by atoms with Crippen molar-refractivity contribution in [3.63, 3.8) is 0 Å². The van der Waals surface area contributed by atoms with Crippen LogP contribution in [0.2, 0.25) is 0 Å². The zero-order chi connectivity index (χ0) is 16.9. The monoisotopic (exact) mass is 333 g/mol. The van der Waals surface area contributed by atoms with Crippen molar-refractivity contribution in [1.29, 1.82) is 0 Å². The van der Waals surface area contributed by atoms with Crippen LogP contribution in [0.3, 0.4) is 0 Å². The number of aryl methyl sites for hydroxylation is 1. The lowest BCUT2D eigenvalue weighted by Gasteiger charge is -2.19. The summed E-state index contributed by atoms with van der Waals surface area (Å²) in [5, 5.41) is 14.6. The van der Waals surface area contributed by atoms with E-state index in [0.717, 1.165) is 50.7 Å². The minimum Gasteiger partial charge on any atom is -0.387 e. The number of aromatic nitrogens is 4. The van der Waals surface area contributed by atoms with Gasteiger partial charge in [0, 0.05) is 45.7 Å². The second kappa shape index (κ2) is 7.92. The van der Waals surface area contributed by atoms with E-state index in [1.807, 2.05) is 30.1 Å². The molecule has 1 atom stereocenters. The SMILES string of the molecule is CCC(O)c1cc2n(n1)CCCN(Cc1nccn1CCOC)C2. The van der Waals surface area contributed by atoms with Crippen LogP contribution in [0.4, 0.5) is 0 Å². The van der Waals surface area contributed by atoms with Crippen molar-refractivity contribution in [3.8, 4) is 0 Å². The molecule has 2 aromatic heterocycles. The Labute approximate surface area is 142 Å². The summed E-state index contributed by atoms with van der Waals surface area (Å²) in [7, 11) is 1.72. The Morgan fingerprint density at radius 3 is 3.04 bits per heavy atom.